The standard InChI is InChI=1S/C21H18N2O6S/c1-2-28-18(24)12-29-16-8-3-5-13(9-16)10-17-19(25)23-21(30-17)22-15-7-4-6-14(11-15)20(26)27/h3-11H,2,12H2,1H3,(H,26,27)(H,22,23,25)/b17-10+. The Morgan fingerprint density at radius 1 is 1.20 bits per heavy atom. The van der Waals surface area contributed by atoms with Crippen LogP contribution < -0.4 is 10.1 Å². The van der Waals surface area contributed by atoms with Gasteiger partial charge in [-0.15, -0.1) is 0 Å². The number of thioether (sulfide) groups is 1. The van der Waals surface area contributed by atoms with E-state index in [1.54, 1.807) is 49.4 Å². The van der Waals surface area contributed by atoms with E-state index in [2.05, 4.69) is 10.3 Å². The van der Waals surface area contributed by atoms with Crippen molar-refractivity contribution in [1.29, 1.82) is 0 Å². The van der Waals surface area contributed by atoms with Gasteiger partial charge in [-0.3, -0.25) is 4.79 Å². The highest BCUT2D eigenvalue weighted by molar-refractivity contribution is 8.18. The Morgan fingerprint density at radius 2 is 2.00 bits per heavy atom. The van der Waals surface area contributed by atoms with Crippen LogP contribution in [-0.2, 0) is 14.3 Å². The lowest BCUT2D eigenvalue weighted by Crippen LogP contribution is -2.19. The summed E-state index contributed by atoms with van der Waals surface area (Å²) < 4.78 is 10.2. The molecule has 1 fully saturated rings. The summed E-state index contributed by atoms with van der Waals surface area (Å²) in [5, 5.41) is 12.1. The fourth-order valence-electron chi connectivity index (χ4n) is 2.50. The second-order valence-corrected chi connectivity index (χ2v) is 7.03. The number of ether oxygens (including phenoxy) is 2. The van der Waals surface area contributed by atoms with E-state index in [1.165, 1.54) is 12.1 Å². The smallest absolute Gasteiger partial charge is 0.344 e. The molecule has 0 aliphatic carbocycles. The maximum absolute atomic E-state index is 12.3. The SMILES string of the molecule is CCOC(=O)COc1cccc(/C=C2/SC(=Nc3cccc(C(=O)O)c3)NC2=O)c1. The van der Waals surface area contributed by atoms with E-state index < -0.39 is 11.9 Å². The number of amidine groups is 1. The van der Waals surface area contributed by atoms with Crippen molar-refractivity contribution in [2.75, 3.05) is 13.2 Å². The number of aliphatic imine (C=N–C) groups is 1. The van der Waals surface area contributed by atoms with Crippen molar-refractivity contribution in [2.45, 2.75) is 6.92 Å². The molecule has 0 saturated carbocycles. The second kappa shape index (κ2) is 9.75. The van der Waals surface area contributed by atoms with Gasteiger partial charge >= 0.3 is 11.9 Å². The Hall–Kier alpha value is -3.59. The van der Waals surface area contributed by atoms with E-state index in [0.29, 0.717) is 27.1 Å². The zero-order valence-corrected chi connectivity index (χ0v) is 16.8. The third-order valence-corrected chi connectivity index (χ3v) is 4.70. The molecule has 154 valence electrons. The molecule has 2 N–H and O–H groups in total. The maximum atomic E-state index is 12.3. The summed E-state index contributed by atoms with van der Waals surface area (Å²) in [7, 11) is 0. The molecule has 9 heteroatoms. The molecule has 0 unspecified atom stereocenters. The number of carbonyl (C=O) groups excluding carboxylic acids is 2. The highest BCUT2D eigenvalue weighted by atomic mass is 32.2. The lowest BCUT2D eigenvalue weighted by Gasteiger charge is -2.06. The normalized spacial score (nSPS) is 15.8. The number of hydrogen-bond donors (Lipinski definition) is 2. The number of nitrogens with one attached hydrogen (secondary N) is 1. The Kier molecular flexibility index (Phi) is 6.87. The van der Waals surface area contributed by atoms with Gasteiger partial charge in [0.05, 0.1) is 22.8 Å². The molecule has 30 heavy (non-hydrogen) atoms. The van der Waals surface area contributed by atoms with Gasteiger partial charge in [0, 0.05) is 0 Å². The van der Waals surface area contributed by atoms with Crippen molar-refractivity contribution < 1.29 is 29.0 Å². The van der Waals surface area contributed by atoms with Gasteiger partial charge in [-0.25, -0.2) is 14.6 Å². The fourth-order valence-corrected chi connectivity index (χ4v) is 3.34. The summed E-state index contributed by atoms with van der Waals surface area (Å²) in [5.41, 5.74) is 1.25. The van der Waals surface area contributed by atoms with Crippen molar-refractivity contribution in [2.24, 2.45) is 4.99 Å². The third-order valence-electron chi connectivity index (χ3n) is 3.79. The van der Waals surface area contributed by atoms with Crippen LogP contribution in [0.15, 0.2) is 58.4 Å². The van der Waals surface area contributed by atoms with E-state index in [4.69, 9.17) is 14.6 Å². The minimum absolute atomic E-state index is 0.113. The van der Waals surface area contributed by atoms with E-state index in [-0.39, 0.29) is 24.7 Å². The lowest BCUT2D eigenvalue weighted by atomic mass is 10.2. The molecule has 1 saturated heterocycles. The van der Waals surface area contributed by atoms with Crippen LogP contribution in [0, 0.1) is 0 Å². The molecule has 1 aliphatic heterocycles. The van der Waals surface area contributed by atoms with Crippen LogP contribution in [0.3, 0.4) is 0 Å². The van der Waals surface area contributed by atoms with Gasteiger partial charge in [-0.1, -0.05) is 18.2 Å². The predicted molar refractivity (Wildman–Crippen MR) is 113 cm³/mol. The summed E-state index contributed by atoms with van der Waals surface area (Å²) in [6.45, 7) is 1.80. The van der Waals surface area contributed by atoms with Gasteiger partial charge in [-0.2, -0.15) is 0 Å². The van der Waals surface area contributed by atoms with Crippen LogP contribution in [-0.4, -0.2) is 41.3 Å². The molecule has 1 heterocycles. The van der Waals surface area contributed by atoms with Gasteiger partial charge in [0.1, 0.15) is 5.75 Å². The monoisotopic (exact) mass is 426 g/mol. The van der Waals surface area contributed by atoms with Crippen molar-refractivity contribution in [3.05, 3.63) is 64.6 Å². The zero-order chi connectivity index (χ0) is 21.5. The average Bonchev–Trinajstić information content (AvgIpc) is 3.05. The van der Waals surface area contributed by atoms with Crippen LogP contribution in [0.5, 0.6) is 5.75 Å². The van der Waals surface area contributed by atoms with Crippen molar-refractivity contribution in [1.82, 2.24) is 5.32 Å². The number of aromatic carboxylic acids is 1. The van der Waals surface area contributed by atoms with E-state index in [1.807, 2.05) is 0 Å². The van der Waals surface area contributed by atoms with Gasteiger partial charge in [-0.05, 0) is 60.7 Å². The van der Waals surface area contributed by atoms with Crippen molar-refractivity contribution in [3.63, 3.8) is 0 Å². The molecule has 1 amide bonds. The van der Waals surface area contributed by atoms with Gasteiger partial charge in [0.25, 0.3) is 5.91 Å². The molecular formula is C21H18N2O6S. The number of benzene rings is 2. The highest BCUT2D eigenvalue weighted by Crippen LogP contribution is 2.29. The molecule has 2 aromatic rings. The molecule has 0 atom stereocenters. The Balaban J connectivity index is 1.72. The summed E-state index contributed by atoms with van der Waals surface area (Å²) in [6.07, 6.45) is 1.67. The van der Waals surface area contributed by atoms with E-state index in [9.17, 15) is 14.4 Å². The van der Waals surface area contributed by atoms with Crippen LogP contribution in [0.4, 0.5) is 5.69 Å². The largest absolute Gasteiger partial charge is 0.482 e. The van der Waals surface area contributed by atoms with Crippen molar-refractivity contribution in [3.8, 4) is 5.75 Å². The number of nitrogens with zero attached hydrogens (tertiary/aromatic N) is 1. The predicted octanol–water partition coefficient (Wildman–Crippen LogP) is 3.22. The fraction of sp³-hybridized carbons (Fsp3) is 0.143. The van der Waals surface area contributed by atoms with Gasteiger partial charge < -0.3 is 19.9 Å². The van der Waals surface area contributed by atoms with E-state index >= 15 is 0 Å². The molecular weight excluding hydrogens is 408 g/mol. The molecule has 0 aromatic heterocycles. The Bertz CT molecular complexity index is 1050. The molecule has 0 radical (unpaired) electrons. The van der Waals surface area contributed by atoms with Crippen LogP contribution in [0.25, 0.3) is 6.08 Å². The zero-order valence-electron chi connectivity index (χ0n) is 16.0. The quantitative estimate of drug-likeness (QED) is 0.516. The number of amides is 1. The maximum Gasteiger partial charge on any atom is 0.344 e. The molecule has 8 nitrogen and oxygen atoms in total. The first-order valence-corrected chi connectivity index (χ1v) is 9.77. The molecule has 3 rings (SSSR count). The minimum Gasteiger partial charge on any atom is -0.482 e. The van der Waals surface area contributed by atoms with Crippen LogP contribution in [0.1, 0.15) is 22.8 Å². The van der Waals surface area contributed by atoms with Gasteiger partial charge in [0.15, 0.2) is 11.8 Å². The first kappa shape index (κ1) is 21.1. The number of esters is 1. The Labute approximate surface area is 176 Å². The van der Waals surface area contributed by atoms with Crippen molar-refractivity contribution >= 4 is 46.5 Å². The summed E-state index contributed by atoms with van der Waals surface area (Å²) >= 11 is 1.14. The molecule has 0 spiro atoms. The Morgan fingerprint density at radius 3 is 2.77 bits per heavy atom. The summed E-state index contributed by atoms with van der Waals surface area (Å²) in [4.78, 5) is 39.5. The summed E-state index contributed by atoms with van der Waals surface area (Å²) in [5.74, 6) is -1.35. The topological polar surface area (TPSA) is 114 Å². The van der Waals surface area contributed by atoms with Crippen LogP contribution >= 0.6 is 11.8 Å². The molecule has 0 bridgehead atoms. The lowest BCUT2D eigenvalue weighted by molar-refractivity contribution is -0.145. The minimum atomic E-state index is -1.05. The van der Waals surface area contributed by atoms with Crippen LogP contribution in [0.2, 0.25) is 0 Å². The number of carboxylic acids is 1. The number of carboxylic acid groups (broad SMARTS) is 1. The summed E-state index contributed by atoms with van der Waals surface area (Å²) in [6, 6.07) is 13.1. The van der Waals surface area contributed by atoms with Gasteiger partial charge in [0.2, 0.25) is 0 Å². The second-order valence-electron chi connectivity index (χ2n) is 6.00. The number of hydrogen-bond acceptors (Lipinski definition) is 7. The molecule has 1 aliphatic rings. The molecule has 2 aromatic carbocycles. The first-order valence-electron chi connectivity index (χ1n) is 8.96. The average molecular weight is 426 g/mol. The van der Waals surface area contributed by atoms with E-state index in [0.717, 1.165) is 11.8 Å². The number of rotatable bonds is 7. The highest BCUT2D eigenvalue weighted by Gasteiger charge is 2.24. The first-order chi connectivity index (χ1) is 14.4. The third kappa shape index (κ3) is 5.71. The number of carbonyl (C=O) groups is 3.